The summed E-state index contributed by atoms with van der Waals surface area (Å²) in [5.74, 6) is -0.883. The van der Waals surface area contributed by atoms with E-state index in [0.717, 1.165) is 12.0 Å². The SMILES string of the molecule is C[C@@H](OC(=O)c1cccc(Cl)c1Cl)C(=O)N1CCc2ccccc2C1. The van der Waals surface area contributed by atoms with Gasteiger partial charge in [0.15, 0.2) is 6.10 Å². The summed E-state index contributed by atoms with van der Waals surface area (Å²) < 4.78 is 5.30. The Morgan fingerprint density at radius 1 is 1.08 bits per heavy atom. The first kappa shape index (κ1) is 17.8. The second-order valence-electron chi connectivity index (χ2n) is 5.93. The van der Waals surface area contributed by atoms with Crippen LogP contribution in [0.15, 0.2) is 42.5 Å². The molecule has 1 aliphatic rings. The third kappa shape index (κ3) is 3.80. The zero-order valence-electron chi connectivity index (χ0n) is 13.7. The molecule has 4 nitrogen and oxygen atoms in total. The molecule has 0 N–H and O–H groups in total. The number of hydrogen-bond acceptors (Lipinski definition) is 3. The van der Waals surface area contributed by atoms with Gasteiger partial charge in [-0.25, -0.2) is 4.79 Å². The van der Waals surface area contributed by atoms with Crippen LogP contribution in [0.1, 0.15) is 28.4 Å². The van der Waals surface area contributed by atoms with Crippen LogP contribution in [0.2, 0.25) is 10.0 Å². The second-order valence-corrected chi connectivity index (χ2v) is 6.71. The molecule has 0 saturated heterocycles. The van der Waals surface area contributed by atoms with Crippen LogP contribution in [-0.2, 0) is 22.5 Å². The molecule has 2 aromatic carbocycles. The molecule has 0 fully saturated rings. The lowest BCUT2D eigenvalue weighted by atomic mass is 9.99. The number of esters is 1. The summed E-state index contributed by atoms with van der Waals surface area (Å²) in [5.41, 5.74) is 2.53. The average molecular weight is 378 g/mol. The quantitative estimate of drug-likeness (QED) is 0.755. The van der Waals surface area contributed by atoms with Crippen molar-refractivity contribution in [1.29, 1.82) is 0 Å². The Kier molecular flexibility index (Phi) is 5.30. The van der Waals surface area contributed by atoms with Crippen molar-refractivity contribution in [3.8, 4) is 0 Å². The van der Waals surface area contributed by atoms with Gasteiger partial charge in [0.25, 0.3) is 5.91 Å². The van der Waals surface area contributed by atoms with Gasteiger partial charge in [-0.1, -0.05) is 53.5 Å². The molecule has 1 amide bonds. The minimum atomic E-state index is -0.896. The van der Waals surface area contributed by atoms with E-state index in [9.17, 15) is 9.59 Å². The van der Waals surface area contributed by atoms with Crippen molar-refractivity contribution in [2.24, 2.45) is 0 Å². The Bertz CT molecular complexity index is 822. The molecule has 1 aliphatic heterocycles. The van der Waals surface area contributed by atoms with E-state index in [4.69, 9.17) is 27.9 Å². The highest BCUT2D eigenvalue weighted by Gasteiger charge is 2.27. The van der Waals surface area contributed by atoms with Crippen LogP contribution in [0, 0.1) is 0 Å². The lowest BCUT2D eigenvalue weighted by molar-refractivity contribution is -0.140. The van der Waals surface area contributed by atoms with Crippen LogP contribution in [0.5, 0.6) is 0 Å². The maximum Gasteiger partial charge on any atom is 0.340 e. The minimum Gasteiger partial charge on any atom is -0.449 e. The Morgan fingerprint density at radius 2 is 1.80 bits per heavy atom. The van der Waals surface area contributed by atoms with Gasteiger partial charge in [0, 0.05) is 13.1 Å². The molecule has 25 heavy (non-hydrogen) atoms. The van der Waals surface area contributed by atoms with E-state index >= 15 is 0 Å². The molecular weight excluding hydrogens is 361 g/mol. The number of fused-ring (bicyclic) bond motifs is 1. The van der Waals surface area contributed by atoms with Gasteiger partial charge in [-0.2, -0.15) is 0 Å². The number of rotatable bonds is 3. The van der Waals surface area contributed by atoms with E-state index in [1.807, 2.05) is 18.2 Å². The zero-order chi connectivity index (χ0) is 18.0. The van der Waals surface area contributed by atoms with Crippen molar-refractivity contribution in [3.05, 3.63) is 69.2 Å². The molecule has 0 aromatic heterocycles. The van der Waals surface area contributed by atoms with Crippen molar-refractivity contribution < 1.29 is 14.3 Å². The topological polar surface area (TPSA) is 46.6 Å². The molecule has 0 bridgehead atoms. The number of benzene rings is 2. The van der Waals surface area contributed by atoms with Crippen LogP contribution < -0.4 is 0 Å². The lowest BCUT2D eigenvalue weighted by Crippen LogP contribution is -2.42. The first-order valence-electron chi connectivity index (χ1n) is 7.98. The first-order chi connectivity index (χ1) is 12.0. The van der Waals surface area contributed by atoms with Gasteiger partial charge in [0.05, 0.1) is 15.6 Å². The fourth-order valence-corrected chi connectivity index (χ4v) is 3.25. The highest BCUT2D eigenvalue weighted by molar-refractivity contribution is 6.43. The zero-order valence-corrected chi connectivity index (χ0v) is 15.2. The van der Waals surface area contributed by atoms with E-state index in [2.05, 4.69) is 6.07 Å². The number of halogens is 2. The van der Waals surface area contributed by atoms with Gasteiger partial charge in [-0.3, -0.25) is 4.79 Å². The van der Waals surface area contributed by atoms with E-state index < -0.39 is 12.1 Å². The third-order valence-electron chi connectivity index (χ3n) is 4.25. The summed E-state index contributed by atoms with van der Waals surface area (Å²) in [5, 5.41) is 0.392. The molecule has 0 aliphatic carbocycles. The number of carbonyl (C=O) groups excluding carboxylic acids is 2. The molecule has 3 rings (SSSR count). The van der Waals surface area contributed by atoms with E-state index in [-0.39, 0.29) is 21.5 Å². The van der Waals surface area contributed by atoms with Crippen LogP contribution in [0.4, 0.5) is 0 Å². The average Bonchev–Trinajstić information content (AvgIpc) is 2.62. The highest BCUT2D eigenvalue weighted by Crippen LogP contribution is 2.26. The van der Waals surface area contributed by atoms with Crippen molar-refractivity contribution in [2.75, 3.05) is 6.54 Å². The third-order valence-corrected chi connectivity index (χ3v) is 5.06. The summed E-state index contributed by atoms with van der Waals surface area (Å²) in [6.07, 6.45) is -0.101. The van der Waals surface area contributed by atoms with Crippen molar-refractivity contribution in [1.82, 2.24) is 4.90 Å². The molecule has 1 atom stereocenters. The van der Waals surface area contributed by atoms with Gasteiger partial charge in [0.1, 0.15) is 0 Å². The summed E-state index contributed by atoms with van der Waals surface area (Å²) in [6.45, 7) is 2.70. The normalized spacial score (nSPS) is 14.6. The molecule has 1 heterocycles. The summed E-state index contributed by atoms with van der Waals surface area (Å²) in [4.78, 5) is 26.6. The second kappa shape index (κ2) is 7.46. The van der Waals surface area contributed by atoms with Crippen LogP contribution in [-0.4, -0.2) is 29.4 Å². The van der Waals surface area contributed by atoms with E-state index in [1.165, 1.54) is 11.6 Å². The molecular formula is C19H17Cl2NO3. The molecule has 0 unspecified atom stereocenters. The minimum absolute atomic E-state index is 0.126. The largest absolute Gasteiger partial charge is 0.449 e. The fourth-order valence-electron chi connectivity index (χ4n) is 2.88. The molecule has 0 radical (unpaired) electrons. The van der Waals surface area contributed by atoms with Crippen molar-refractivity contribution >= 4 is 35.1 Å². The molecule has 130 valence electrons. The monoisotopic (exact) mass is 377 g/mol. The highest BCUT2D eigenvalue weighted by atomic mass is 35.5. The molecule has 0 spiro atoms. The van der Waals surface area contributed by atoms with Gasteiger partial charge in [0.2, 0.25) is 0 Å². The maximum atomic E-state index is 12.6. The van der Waals surface area contributed by atoms with Crippen LogP contribution >= 0.6 is 23.2 Å². The maximum absolute atomic E-state index is 12.6. The Hall–Kier alpha value is -2.04. The van der Waals surface area contributed by atoms with Crippen molar-refractivity contribution in [2.45, 2.75) is 26.0 Å². The summed E-state index contributed by atoms with van der Waals surface area (Å²) >= 11 is 11.9. The Balaban J connectivity index is 1.67. The van der Waals surface area contributed by atoms with Gasteiger partial charge in [-0.05, 0) is 36.6 Å². The van der Waals surface area contributed by atoms with Gasteiger partial charge < -0.3 is 9.64 Å². The number of hydrogen-bond donors (Lipinski definition) is 0. The number of ether oxygens (including phenoxy) is 1. The fraction of sp³-hybridized carbons (Fsp3) is 0.263. The van der Waals surface area contributed by atoms with E-state index in [1.54, 1.807) is 24.0 Å². The predicted octanol–water partition coefficient (Wildman–Crippen LogP) is 4.12. The molecule has 0 saturated carbocycles. The Labute approximate surface area is 156 Å². The number of nitrogens with zero attached hydrogens (tertiary/aromatic N) is 1. The predicted molar refractivity (Wildman–Crippen MR) is 96.9 cm³/mol. The van der Waals surface area contributed by atoms with Crippen molar-refractivity contribution in [3.63, 3.8) is 0 Å². The Morgan fingerprint density at radius 3 is 2.56 bits per heavy atom. The lowest BCUT2D eigenvalue weighted by Gasteiger charge is -2.30. The van der Waals surface area contributed by atoms with E-state index in [0.29, 0.717) is 13.1 Å². The van der Waals surface area contributed by atoms with Gasteiger partial charge in [-0.15, -0.1) is 0 Å². The standard InChI is InChI=1S/C19H17Cl2NO3/c1-12(25-19(24)15-7-4-8-16(20)17(15)21)18(23)22-10-9-13-5-2-3-6-14(13)11-22/h2-8,12H,9-11H2,1H3/t12-/m1/s1. The van der Waals surface area contributed by atoms with Crippen LogP contribution in [0.25, 0.3) is 0 Å². The molecule has 6 heteroatoms. The summed E-state index contributed by atoms with van der Waals surface area (Å²) in [6, 6.07) is 12.7. The van der Waals surface area contributed by atoms with Gasteiger partial charge >= 0.3 is 5.97 Å². The smallest absolute Gasteiger partial charge is 0.340 e. The molecule has 2 aromatic rings. The number of carbonyl (C=O) groups is 2. The number of amides is 1. The first-order valence-corrected chi connectivity index (χ1v) is 8.73. The van der Waals surface area contributed by atoms with Crippen LogP contribution in [0.3, 0.4) is 0 Å². The summed E-state index contributed by atoms with van der Waals surface area (Å²) in [7, 11) is 0.